The highest BCUT2D eigenvalue weighted by atomic mass is 19.1. The Labute approximate surface area is 124 Å². The van der Waals surface area contributed by atoms with E-state index in [9.17, 15) is 13.6 Å². The van der Waals surface area contributed by atoms with Gasteiger partial charge in [-0.1, -0.05) is 18.9 Å². The van der Waals surface area contributed by atoms with E-state index in [0.717, 1.165) is 31.7 Å². The third-order valence-electron chi connectivity index (χ3n) is 4.35. The molecule has 0 spiro atoms. The third-order valence-corrected chi connectivity index (χ3v) is 4.35. The molecule has 1 aliphatic rings. The zero-order valence-electron chi connectivity index (χ0n) is 12.5. The molecular formula is C16H22F2N2O. The summed E-state index contributed by atoms with van der Waals surface area (Å²) in [6.07, 6.45) is 3.61. The van der Waals surface area contributed by atoms with Gasteiger partial charge < -0.3 is 10.6 Å². The molecule has 2 N–H and O–H groups in total. The Morgan fingerprint density at radius 1 is 1.43 bits per heavy atom. The normalized spacial score (nSPS) is 25.7. The van der Waals surface area contributed by atoms with Gasteiger partial charge in [-0.2, -0.15) is 0 Å². The molecule has 1 aliphatic carbocycles. The third kappa shape index (κ3) is 3.59. The van der Waals surface area contributed by atoms with Crippen LogP contribution in [0.25, 0.3) is 0 Å². The Balaban J connectivity index is 2.08. The molecule has 0 aromatic heterocycles. The smallest absolute Gasteiger partial charge is 0.227 e. The van der Waals surface area contributed by atoms with Gasteiger partial charge in [0.15, 0.2) is 0 Å². The maximum atomic E-state index is 13.7. The number of carbonyl (C=O) groups excluding carboxylic acids is 1. The summed E-state index contributed by atoms with van der Waals surface area (Å²) in [5, 5.41) is 0. The summed E-state index contributed by atoms with van der Waals surface area (Å²) >= 11 is 0. The van der Waals surface area contributed by atoms with Crippen molar-refractivity contribution in [1.82, 2.24) is 4.90 Å². The van der Waals surface area contributed by atoms with E-state index in [1.54, 1.807) is 7.05 Å². The van der Waals surface area contributed by atoms with E-state index in [1.807, 2.05) is 6.92 Å². The summed E-state index contributed by atoms with van der Waals surface area (Å²) < 4.78 is 26.6. The SMILES string of the molecule is CN(Cc1ccc(F)cc1F)C(=O)C1CCCCC1(C)N. The van der Waals surface area contributed by atoms with Crippen LogP contribution in [0.1, 0.15) is 38.2 Å². The highest BCUT2D eigenvalue weighted by Gasteiger charge is 2.39. The second-order valence-electron chi connectivity index (χ2n) is 6.23. The van der Waals surface area contributed by atoms with E-state index in [-0.39, 0.29) is 18.4 Å². The Morgan fingerprint density at radius 3 is 2.76 bits per heavy atom. The first-order valence-electron chi connectivity index (χ1n) is 7.29. The van der Waals surface area contributed by atoms with Crippen molar-refractivity contribution in [1.29, 1.82) is 0 Å². The van der Waals surface area contributed by atoms with Crippen LogP contribution in [0.4, 0.5) is 8.78 Å². The molecule has 1 aromatic carbocycles. The first-order chi connectivity index (χ1) is 9.81. The van der Waals surface area contributed by atoms with Gasteiger partial charge in [0, 0.05) is 30.8 Å². The maximum Gasteiger partial charge on any atom is 0.227 e. The molecule has 1 fully saturated rings. The molecule has 3 nitrogen and oxygen atoms in total. The molecule has 21 heavy (non-hydrogen) atoms. The molecule has 1 aromatic rings. The predicted molar refractivity (Wildman–Crippen MR) is 77.4 cm³/mol. The summed E-state index contributed by atoms with van der Waals surface area (Å²) in [6, 6.07) is 3.41. The summed E-state index contributed by atoms with van der Waals surface area (Å²) in [6.45, 7) is 2.03. The molecule has 5 heteroatoms. The first kappa shape index (κ1) is 15.9. The fourth-order valence-corrected chi connectivity index (χ4v) is 3.01. The fraction of sp³-hybridized carbons (Fsp3) is 0.562. The van der Waals surface area contributed by atoms with Gasteiger partial charge in [-0.05, 0) is 25.8 Å². The van der Waals surface area contributed by atoms with E-state index in [4.69, 9.17) is 5.73 Å². The minimum atomic E-state index is -0.631. The number of carbonyl (C=O) groups is 1. The van der Waals surface area contributed by atoms with Crippen molar-refractivity contribution in [2.75, 3.05) is 7.05 Å². The topological polar surface area (TPSA) is 46.3 Å². The van der Waals surface area contributed by atoms with Crippen LogP contribution in [0, 0.1) is 17.6 Å². The van der Waals surface area contributed by atoms with Gasteiger partial charge in [-0.15, -0.1) is 0 Å². The van der Waals surface area contributed by atoms with Crippen LogP contribution >= 0.6 is 0 Å². The van der Waals surface area contributed by atoms with E-state index in [2.05, 4.69) is 0 Å². The van der Waals surface area contributed by atoms with Crippen LogP contribution in [0.3, 0.4) is 0 Å². The van der Waals surface area contributed by atoms with E-state index in [1.165, 1.54) is 17.0 Å². The number of nitrogens with two attached hydrogens (primary N) is 1. The van der Waals surface area contributed by atoms with Crippen molar-refractivity contribution < 1.29 is 13.6 Å². The summed E-state index contributed by atoms with van der Waals surface area (Å²) in [5.41, 5.74) is 6.03. The van der Waals surface area contributed by atoms with Crippen molar-refractivity contribution in [3.63, 3.8) is 0 Å². The lowest BCUT2D eigenvalue weighted by atomic mass is 9.74. The highest BCUT2D eigenvalue weighted by molar-refractivity contribution is 5.80. The van der Waals surface area contributed by atoms with Crippen molar-refractivity contribution >= 4 is 5.91 Å². The average molecular weight is 296 g/mol. The quantitative estimate of drug-likeness (QED) is 0.932. The number of hydrogen-bond donors (Lipinski definition) is 1. The molecule has 0 heterocycles. The molecule has 2 atom stereocenters. The minimum Gasteiger partial charge on any atom is -0.341 e. The molecule has 1 saturated carbocycles. The van der Waals surface area contributed by atoms with Crippen LogP contribution in [-0.2, 0) is 11.3 Å². The monoisotopic (exact) mass is 296 g/mol. The lowest BCUT2D eigenvalue weighted by Gasteiger charge is -2.39. The Morgan fingerprint density at radius 2 is 2.14 bits per heavy atom. The van der Waals surface area contributed by atoms with Gasteiger partial charge >= 0.3 is 0 Å². The molecule has 2 unspecified atom stereocenters. The summed E-state index contributed by atoms with van der Waals surface area (Å²) in [5.74, 6) is -1.55. The van der Waals surface area contributed by atoms with Gasteiger partial charge in [0.2, 0.25) is 5.91 Å². The zero-order chi connectivity index (χ0) is 15.6. The van der Waals surface area contributed by atoms with E-state index in [0.29, 0.717) is 5.56 Å². The molecule has 0 radical (unpaired) electrons. The van der Waals surface area contributed by atoms with Gasteiger partial charge in [-0.3, -0.25) is 4.79 Å². The summed E-state index contributed by atoms with van der Waals surface area (Å²) in [7, 11) is 1.63. The molecule has 1 amide bonds. The number of halogens is 2. The molecule has 116 valence electrons. The number of hydrogen-bond acceptors (Lipinski definition) is 2. The van der Waals surface area contributed by atoms with Gasteiger partial charge in [0.25, 0.3) is 0 Å². The van der Waals surface area contributed by atoms with Gasteiger partial charge in [0.1, 0.15) is 11.6 Å². The Kier molecular flexibility index (Phi) is 4.61. The molecular weight excluding hydrogens is 274 g/mol. The van der Waals surface area contributed by atoms with Crippen LogP contribution in [0.5, 0.6) is 0 Å². The maximum absolute atomic E-state index is 13.7. The largest absolute Gasteiger partial charge is 0.341 e. The van der Waals surface area contributed by atoms with Crippen LogP contribution in [0.2, 0.25) is 0 Å². The number of benzene rings is 1. The molecule has 2 rings (SSSR count). The fourth-order valence-electron chi connectivity index (χ4n) is 3.01. The standard InChI is InChI=1S/C16H22F2N2O/c1-16(19)8-4-3-5-13(16)15(21)20(2)10-11-6-7-12(17)9-14(11)18/h6-7,9,13H,3-5,8,10,19H2,1-2H3. The van der Waals surface area contributed by atoms with Crippen LogP contribution in [0.15, 0.2) is 18.2 Å². The lowest BCUT2D eigenvalue weighted by Crippen LogP contribution is -2.53. The average Bonchev–Trinajstić information content (AvgIpc) is 2.40. The van der Waals surface area contributed by atoms with Gasteiger partial charge in [0.05, 0.1) is 5.92 Å². The van der Waals surface area contributed by atoms with Crippen LogP contribution < -0.4 is 5.73 Å². The van der Waals surface area contributed by atoms with Crippen LogP contribution in [-0.4, -0.2) is 23.4 Å². The second-order valence-corrected chi connectivity index (χ2v) is 6.23. The Hall–Kier alpha value is -1.49. The number of rotatable bonds is 3. The highest BCUT2D eigenvalue weighted by Crippen LogP contribution is 2.33. The van der Waals surface area contributed by atoms with Crippen molar-refractivity contribution in [2.24, 2.45) is 11.7 Å². The van der Waals surface area contributed by atoms with Crippen molar-refractivity contribution in [3.05, 3.63) is 35.4 Å². The molecule has 0 bridgehead atoms. The van der Waals surface area contributed by atoms with Gasteiger partial charge in [-0.25, -0.2) is 8.78 Å². The second kappa shape index (κ2) is 6.10. The summed E-state index contributed by atoms with van der Waals surface area (Å²) in [4.78, 5) is 14.0. The van der Waals surface area contributed by atoms with E-state index >= 15 is 0 Å². The molecule has 0 saturated heterocycles. The predicted octanol–water partition coefficient (Wildman–Crippen LogP) is 2.83. The first-order valence-corrected chi connectivity index (χ1v) is 7.29. The molecule has 0 aliphatic heterocycles. The zero-order valence-corrected chi connectivity index (χ0v) is 12.5. The van der Waals surface area contributed by atoms with Crippen molar-refractivity contribution in [2.45, 2.75) is 44.7 Å². The minimum absolute atomic E-state index is 0.0663. The number of amides is 1. The van der Waals surface area contributed by atoms with E-state index < -0.39 is 17.2 Å². The lowest BCUT2D eigenvalue weighted by molar-refractivity contribution is -0.138. The number of nitrogens with zero attached hydrogens (tertiary/aromatic N) is 1. The Bertz CT molecular complexity index is 531. The van der Waals surface area contributed by atoms with Crippen molar-refractivity contribution in [3.8, 4) is 0 Å².